The number of hydrogen-bond acceptors (Lipinski definition) is 6. The van der Waals surface area contributed by atoms with Crippen LogP contribution in [-0.2, 0) is 14.3 Å². The molecule has 0 bridgehead atoms. The number of amides is 2. The molecule has 8 nitrogen and oxygen atoms in total. The molecule has 0 spiro atoms. The zero-order valence-electron chi connectivity index (χ0n) is 17.3. The van der Waals surface area contributed by atoms with Gasteiger partial charge in [0.1, 0.15) is 17.6 Å². The molecular weight excluding hydrogens is 384 g/mol. The second-order valence-electron chi connectivity index (χ2n) is 7.38. The van der Waals surface area contributed by atoms with E-state index in [2.05, 4.69) is 20.5 Å². The van der Waals surface area contributed by atoms with Crippen molar-refractivity contribution < 1.29 is 19.1 Å². The first kappa shape index (κ1) is 21.6. The van der Waals surface area contributed by atoms with Gasteiger partial charge in [-0.2, -0.15) is 0 Å². The zero-order valence-corrected chi connectivity index (χ0v) is 17.3. The van der Waals surface area contributed by atoms with Crippen molar-refractivity contribution in [2.75, 3.05) is 43.1 Å². The minimum Gasteiger partial charge on any atom is -0.484 e. The molecule has 2 N–H and O–H groups in total. The van der Waals surface area contributed by atoms with Crippen LogP contribution in [0, 0.1) is 5.92 Å². The van der Waals surface area contributed by atoms with Gasteiger partial charge in [-0.3, -0.25) is 9.59 Å². The van der Waals surface area contributed by atoms with E-state index < -0.39 is 6.04 Å². The lowest BCUT2D eigenvalue weighted by molar-refractivity contribution is -0.128. The molecule has 0 aliphatic carbocycles. The van der Waals surface area contributed by atoms with Crippen LogP contribution in [-0.4, -0.2) is 55.8 Å². The van der Waals surface area contributed by atoms with Gasteiger partial charge in [0.05, 0.1) is 25.1 Å². The lowest BCUT2D eigenvalue weighted by atomic mass is 10.0. The Hall–Kier alpha value is -3.13. The average Bonchev–Trinajstić information content (AvgIpc) is 2.77. The molecule has 2 amide bonds. The zero-order chi connectivity index (χ0) is 21.3. The van der Waals surface area contributed by atoms with Gasteiger partial charge < -0.3 is 25.0 Å². The van der Waals surface area contributed by atoms with Crippen LogP contribution >= 0.6 is 0 Å². The summed E-state index contributed by atoms with van der Waals surface area (Å²) in [4.78, 5) is 31.6. The van der Waals surface area contributed by atoms with Gasteiger partial charge in [0.25, 0.3) is 5.91 Å². The first-order valence-corrected chi connectivity index (χ1v) is 10.1. The van der Waals surface area contributed by atoms with Crippen molar-refractivity contribution >= 4 is 23.3 Å². The Kier molecular flexibility index (Phi) is 7.62. The van der Waals surface area contributed by atoms with E-state index in [0.29, 0.717) is 24.7 Å². The molecule has 0 radical (unpaired) electrons. The van der Waals surface area contributed by atoms with E-state index in [1.165, 1.54) is 0 Å². The highest BCUT2D eigenvalue weighted by Gasteiger charge is 2.24. The fourth-order valence-corrected chi connectivity index (χ4v) is 3.08. The van der Waals surface area contributed by atoms with E-state index in [1.807, 2.05) is 44.2 Å². The van der Waals surface area contributed by atoms with Gasteiger partial charge in [0.15, 0.2) is 6.61 Å². The molecule has 2 heterocycles. The van der Waals surface area contributed by atoms with Crippen molar-refractivity contribution in [2.24, 2.45) is 5.92 Å². The Labute approximate surface area is 176 Å². The molecule has 3 rings (SSSR count). The summed E-state index contributed by atoms with van der Waals surface area (Å²) in [6.07, 6.45) is 1.63. The summed E-state index contributed by atoms with van der Waals surface area (Å²) in [6.45, 7) is 6.56. The molecule has 1 atom stereocenters. The van der Waals surface area contributed by atoms with Crippen molar-refractivity contribution in [1.29, 1.82) is 0 Å². The van der Waals surface area contributed by atoms with Crippen LogP contribution in [0.5, 0.6) is 5.75 Å². The number of nitrogens with zero attached hydrogens (tertiary/aromatic N) is 2. The fourth-order valence-electron chi connectivity index (χ4n) is 3.08. The molecule has 8 heteroatoms. The predicted octanol–water partition coefficient (Wildman–Crippen LogP) is 2.08. The maximum atomic E-state index is 12.7. The summed E-state index contributed by atoms with van der Waals surface area (Å²) >= 11 is 0. The molecule has 1 unspecified atom stereocenters. The van der Waals surface area contributed by atoms with Crippen LogP contribution in [0.4, 0.5) is 11.5 Å². The van der Waals surface area contributed by atoms with E-state index in [4.69, 9.17) is 9.47 Å². The summed E-state index contributed by atoms with van der Waals surface area (Å²) in [6, 6.07) is 12.1. The molecule has 30 heavy (non-hydrogen) atoms. The summed E-state index contributed by atoms with van der Waals surface area (Å²) < 4.78 is 10.8. The van der Waals surface area contributed by atoms with Gasteiger partial charge in [0, 0.05) is 13.1 Å². The highest BCUT2D eigenvalue weighted by molar-refractivity contribution is 5.97. The predicted molar refractivity (Wildman–Crippen MR) is 115 cm³/mol. The number of hydrogen-bond donors (Lipinski definition) is 2. The molecule has 1 fully saturated rings. The lowest BCUT2D eigenvalue weighted by Crippen LogP contribution is -2.48. The summed E-state index contributed by atoms with van der Waals surface area (Å²) in [5.41, 5.74) is 0.581. The SMILES string of the molecule is CC(C)C(NC(=O)COc1ccccc1)C(=O)Nc1ccc(N2CCOCC2)nc1. The van der Waals surface area contributed by atoms with Gasteiger partial charge in [-0.05, 0) is 30.2 Å². The number of ether oxygens (including phenoxy) is 2. The minimum absolute atomic E-state index is 0.0914. The number of para-hydroxylation sites is 1. The second kappa shape index (κ2) is 10.6. The summed E-state index contributed by atoms with van der Waals surface area (Å²) in [7, 11) is 0. The van der Waals surface area contributed by atoms with Crippen molar-refractivity contribution in [1.82, 2.24) is 10.3 Å². The monoisotopic (exact) mass is 412 g/mol. The first-order chi connectivity index (χ1) is 14.5. The Morgan fingerprint density at radius 3 is 2.50 bits per heavy atom. The smallest absolute Gasteiger partial charge is 0.258 e. The number of aromatic nitrogens is 1. The molecule has 1 aromatic heterocycles. The van der Waals surface area contributed by atoms with Crippen LogP contribution in [0.15, 0.2) is 48.7 Å². The third-order valence-electron chi connectivity index (χ3n) is 4.73. The Morgan fingerprint density at radius 2 is 1.87 bits per heavy atom. The van der Waals surface area contributed by atoms with Gasteiger partial charge in [0.2, 0.25) is 5.91 Å². The van der Waals surface area contributed by atoms with Crippen LogP contribution in [0.1, 0.15) is 13.8 Å². The van der Waals surface area contributed by atoms with E-state index in [9.17, 15) is 9.59 Å². The number of morpholine rings is 1. The van der Waals surface area contributed by atoms with Crippen LogP contribution < -0.4 is 20.3 Å². The van der Waals surface area contributed by atoms with Crippen LogP contribution in [0.2, 0.25) is 0 Å². The van der Waals surface area contributed by atoms with Crippen molar-refractivity contribution in [3.05, 3.63) is 48.7 Å². The molecule has 2 aromatic rings. The highest BCUT2D eigenvalue weighted by Crippen LogP contribution is 2.16. The van der Waals surface area contributed by atoms with E-state index in [-0.39, 0.29) is 24.3 Å². The van der Waals surface area contributed by atoms with E-state index in [1.54, 1.807) is 18.3 Å². The average molecular weight is 412 g/mol. The van der Waals surface area contributed by atoms with Gasteiger partial charge in [-0.1, -0.05) is 32.0 Å². The fraction of sp³-hybridized carbons (Fsp3) is 0.409. The summed E-state index contributed by atoms with van der Waals surface area (Å²) in [5.74, 6) is 0.714. The standard InChI is InChI=1S/C22H28N4O4/c1-16(2)21(25-20(27)15-30-18-6-4-3-5-7-18)22(28)24-17-8-9-19(23-14-17)26-10-12-29-13-11-26/h3-9,14,16,21H,10-13,15H2,1-2H3,(H,24,28)(H,25,27). The number of carbonyl (C=O) groups excluding carboxylic acids is 2. The summed E-state index contributed by atoms with van der Waals surface area (Å²) in [5, 5.41) is 5.58. The number of nitrogens with one attached hydrogen (secondary N) is 2. The third kappa shape index (κ3) is 6.18. The largest absolute Gasteiger partial charge is 0.484 e. The Balaban J connectivity index is 1.53. The van der Waals surface area contributed by atoms with Gasteiger partial charge >= 0.3 is 0 Å². The van der Waals surface area contributed by atoms with Crippen molar-refractivity contribution in [3.8, 4) is 5.75 Å². The normalized spacial score (nSPS) is 14.8. The maximum absolute atomic E-state index is 12.7. The molecule has 1 aliphatic heterocycles. The molecule has 1 aliphatic rings. The first-order valence-electron chi connectivity index (χ1n) is 10.1. The Morgan fingerprint density at radius 1 is 1.13 bits per heavy atom. The molecule has 1 saturated heterocycles. The van der Waals surface area contributed by atoms with Crippen LogP contribution in [0.3, 0.4) is 0 Å². The van der Waals surface area contributed by atoms with E-state index >= 15 is 0 Å². The van der Waals surface area contributed by atoms with E-state index in [0.717, 1.165) is 18.9 Å². The maximum Gasteiger partial charge on any atom is 0.258 e. The third-order valence-corrected chi connectivity index (χ3v) is 4.73. The van der Waals surface area contributed by atoms with Crippen molar-refractivity contribution in [3.63, 3.8) is 0 Å². The number of pyridine rings is 1. The topological polar surface area (TPSA) is 92.8 Å². The number of benzene rings is 1. The minimum atomic E-state index is -0.684. The quantitative estimate of drug-likeness (QED) is 0.690. The molecular formula is C22H28N4O4. The number of anilines is 2. The number of carbonyl (C=O) groups is 2. The molecule has 1 aromatic carbocycles. The lowest BCUT2D eigenvalue weighted by Gasteiger charge is -2.27. The van der Waals surface area contributed by atoms with Crippen molar-refractivity contribution in [2.45, 2.75) is 19.9 Å². The number of rotatable bonds is 8. The van der Waals surface area contributed by atoms with Gasteiger partial charge in [-0.15, -0.1) is 0 Å². The molecule has 0 saturated carbocycles. The van der Waals surface area contributed by atoms with Crippen LogP contribution in [0.25, 0.3) is 0 Å². The van der Waals surface area contributed by atoms with Gasteiger partial charge in [-0.25, -0.2) is 4.98 Å². The second-order valence-corrected chi connectivity index (χ2v) is 7.38. The highest BCUT2D eigenvalue weighted by atomic mass is 16.5. The Bertz CT molecular complexity index is 821. The molecule has 160 valence electrons.